The monoisotopic (exact) mass is 243 g/mol. The van der Waals surface area contributed by atoms with Crippen molar-refractivity contribution >= 4 is 11.9 Å². The van der Waals surface area contributed by atoms with Gasteiger partial charge in [-0.1, -0.05) is 26.3 Å². The molecule has 98 valence electrons. The number of carbonyl (C=O) groups is 2. The van der Waals surface area contributed by atoms with Crippen LogP contribution >= 0.6 is 0 Å². The summed E-state index contributed by atoms with van der Waals surface area (Å²) in [6.45, 7) is 7.61. The Morgan fingerprint density at radius 1 is 1.53 bits per heavy atom. The third-order valence-corrected chi connectivity index (χ3v) is 2.38. The molecule has 1 amide bonds. The second kappa shape index (κ2) is 8.75. The first-order valence-electron chi connectivity index (χ1n) is 5.72. The third kappa shape index (κ3) is 7.52. The van der Waals surface area contributed by atoms with Gasteiger partial charge in [-0.15, -0.1) is 6.58 Å². The van der Waals surface area contributed by atoms with Gasteiger partial charge in [-0.3, -0.25) is 4.79 Å². The van der Waals surface area contributed by atoms with Gasteiger partial charge in [0.05, 0.1) is 13.2 Å². The van der Waals surface area contributed by atoms with Gasteiger partial charge in [0, 0.05) is 6.42 Å². The SMILES string of the molecule is C=CCOCC(NC(=O)CC(C)CC)C(=O)O. The lowest BCUT2D eigenvalue weighted by Gasteiger charge is -2.15. The van der Waals surface area contributed by atoms with Gasteiger partial charge in [-0.2, -0.15) is 0 Å². The smallest absolute Gasteiger partial charge is 0.328 e. The highest BCUT2D eigenvalue weighted by Crippen LogP contribution is 2.05. The first-order valence-corrected chi connectivity index (χ1v) is 5.72. The Kier molecular flexibility index (Phi) is 8.05. The molecule has 0 aliphatic carbocycles. The van der Waals surface area contributed by atoms with Crippen molar-refractivity contribution in [2.75, 3.05) is 13.2 Å². The molecule has 2 atom stereocenters. The van der Waals surface area contributed by atoms with Crippen LogP contribution in [0.15, 0.2) is 12.7 Å². The van der Waals surface area contributed by atoms with E-state index in [0.717, 1.165) is 6.42 Å². The van der Waals surface area contributed by atoms with Crippen LogP contribution in [0, 0.1) is 5.92 Å². The van der Waals surface area contributed by atoms with E-state index in [-0.39, 0.29) is 25.0 Å². The standard InChI is InChI=1S/C12H21NO4/c1-4-6-17-8-10(12(15)16)13-11(14)7-9(3)5-2/h4,9-10H,1,5-8H2,2-3H3,(H,13,14)(H,15,16). The molecule has 0 heterocycles. The lowest BCUT2D eigenvalue weighted by atomic mass is 10.0. The van der Waals surface area contributed by atoms with Crippen LogP contribution in [0.4, 0.5) is 0 Å². The van der Waals surface area contributed by atoms with Gasteiger partial charge < -0.3 is 15.2 Å². The van der Waals surface area contributed by atoms with Crippen molar-refractivity contribution in [1.29, 1.82) is 0 Å². The zero-order valence-electron chi connectivity index (χ0n) is 10.4. The average molecular weight is 243 g/mol. The molecule has 5 nitrogen and oxygen atoms in total. The number of rotatable bonds is 9. The Hall–Kier alpha value is -1.36. The topological polar surface area (TPSA) is 75.6 Å². The summed E-state index contributed by atoms with van der Waals surface area (Å²) in [7, 11) is 0. The highest BCUT2D eigenvalue weighted by Gasteiger charge is 2.20. The van der Waals surface area contributed by atoms with Gasteiger partial charge >= 0.3 is 5.97 Å². The van der Waals surface area contributed by atoms with Gasteiger partial charge in [-0.25, -0.2) is 4.79 Å². The number of carboxylic acids is 1. The molecular weight excluding hydrogens is 222 g/mol. The fraction of sp³-hybridized carbons (Fsp3) is 0.667. The third-order valence-electron chi connectivity index (χ3n) is 2.38. The van der Waals surface area contributed by atoms with Gasteiger partial charge in [0.1, 0.15) is 0 Å². The van der Waals surface area contributed by atoms with Crippen LogP contribution in [0.5, 0.6) is 0 Å². The molecule has 0 aliphatic rings. The number of hydrogen-bond donors (Lipinski definition) is 2. The molecule has 0 bridgehead atoms. The van der Waals surface area contributed by atoms with Crippen molar-refractivity contribution in [2.45, 2.75) is 32.7 Å². The Morgan fingerprint density at radius 2 is 2.18 bits per heavy atom. The van der Waals surface area contributed by atoms with Crippen LogP contribution in [-0.4, -0.2) is 36.2 Å². The largest absolute Gasteiger partial charge is 0.480 e. The zero-order chi connectivity index (χ0) is 13.3. The fourth-order valence-corrected chi connectivity index (χ4v) is 1.16. The van der Waals surface area contributed by atoms with Crippen molar-refractivity contribution in [3.05, 3.63) is 12.7 Å². The highest BCUT2D eigenvalue weighted by molar-refractivity contribution is 5.83. The molecule has 2 N–H and O–H groups in total. The van der Waals surface area contributed by atoms with Gasteiger partial charge in [-0.05, 0) is 5.92 Å². The summed E-state index contributed by atoms with van der Waals surface area (Å²) in [6.07, 6.45) is 2.75. The van der Waals surface area contributed by atoms with E-state index >= 15 is 0 Å². The molecule has 0 aromatic heterocycles. The van der Waals surface area contributed by atoms with Crippen molar-refractivity contribution in [2.24, 2.45) is 5.92 Å². The van der Waals surface area contributed by atoms with Crippen LogP contribution in [-0.2, 0) is 14.3 Å². The minimum absolute atomic E-state index is 0.0480. The molecule has 17 heavy (non-hydrogen) atoms. The van der Waals surface area contributed by atoms with Gasteiger partial charge in [0.25, 0.3) is 0 Å². The molecule has 0 radical (unpaired) electrons. The Labute approximate surface area is 102 Å². The summed E-state index contributed by atoms with van der Waals surface area (Å²) in [5.74, 6) is -1.10. The predicted octanol–water partition coefficient (Wildman–Crippen LogP) is 1.19. The molecule has 2 unspecified atom stereocenters. The Balaban J connectivity index is 4.10. The number of hydrogen-bond acceptors (Lipinski definition) is 3. The molecule has 0 aliphatic heterocycles. The molecule has 0 spiro atoms. The van der Waals surface area contributed by atoms with E-state index in [1.54, 1.807) is 0 Å². The van der Waals surface area contributed by atoms with Crippen LogP contribution in [0.25, 0.3) is 0 Å². The van der Waals surface area contributed by atoms with E-state index in [1.165, 1.54) is 6.08 Å². The minimum Gasteiger partial charge on any atom is -0.480 e. The van der Waals surface area contributed by atoms with E-state index in [4.69, 9.17) is 9.84 Å². The maximum Gasteiger partial charge on any atom is 0.328 e. The average Bonchev–Trinajstić information content (AvgIpc) is 2.27. The van der Waals surface area contributed by atoms with Crippen LogP contribution < -0.4 is 5.32 Å². The lowest BCUT2D eigenvalue weighted by Crippen LogP contribution is -2.44. The molecule has 0 aromatic carbocycles. The first kappa shape index (κ1) is 15.6. The summed E-state index contributed by atoms with van der Waals surface area (Å²) in [6, 6.07) is -0.994. The summed E-state index contributed by atoms with van der Waals surface area (Å²) in [5, 5.41) is 11.3. The van der Waals surface area contributed by atoms with Crippen molar-refractivity contribution in [1.82, 2.24) is 5.32 Å². The predicted molar refractivity (Wildman–Crippen MR) is 64.7 cm³/mol. The van der Waals surface area contributed by atoms with E-state index in [0.29, 0.717) is 6.42 Å². The number of ether oxygens (including phenoxy) is 1. The van der Waals surface area contributed by atoms with Crippen molar-refractivity contribution in [3.8, 4) is 0 Å². The molecule has 0 saturated carbocycles. The lowest BCUT2D eigenvalue weighted by molar-refractivity contribution is -0.143. The van der Waals surface area contributed by atoms with E-state index < -0.39 is 12.0 Å². The first-order chi connectivity index (χ1) is 8.01. The minimum atomic E-state index is -1.09. The van der Waals surface area contributed by atoms with E-state index in [9.17, 15) is 9.59 Å². The molecular formula is C12H21NO4. The Bertz CT molecular complexity index is 265. The highest BCUT2D eigenvalue weighted by atomic mass is 16.5. The maximum absolute atomic E-state index is 11.5. The van der Waals surface area contributed by atoms with Gasteiger partial charge in [0.2, 0.25) is 5.91 Å². The number of carbonyl (C=O) groups excluding carboxylic acids is 1. The molecule has 5 heteroatoms. The normalized spacial score (nSPS) is 13.8. The van der Waals surface area contributed by atoms with Crippen molar-refractivity contribution in [3.63, 3.8) is 0 Å². The van der Waals surface area contributed by atoms with Crippen molar-refractivity contribution < 1.29 is 19.4 Å². The number of aliphatic carboxylic acids is 1. The summed E-state index contributed by atoms with van der Waals surface area (Å²) >= 11 is 0. The Morgan fingerprint density at radius 3 is 2.65 bits per heavy atom. The summed E-state index contributed by atoms with van der Waals surface area (Å²) < 4.78 is 5.02. The fourth-order valence-electron chi connectivity index (χ4n) is 1.16. The molecule has 0 saturated heterocycles. The van der Waals surface area contributed by atoms with E-state index in [2.05, 4.69) is 11.9 Å². The second-order valence-electron chi connectivity index (χ2n) is 4.00. The van der Waals surface area contributed by atoms with E-state index in [1.807, 2.05) is 13.8 Å². The molecule has 0 fully saturated rings. The number of nitrogens with one attached hydrogen (secondary N) is 1. The molecule has 0 aromatic rings. The number of carboxylic acid groups (broad SMARTS) is 1. The van der Waals surface area contributed by atoms with Crippen LogP contribution in [0.3, 0.4) is 0 Å². The summed E-state index contributed by atoms with van der Waals surface area (Å²) in [5.41, 5.74) is 0. The zero-order valence-corrected chi connectivity index (χ0v) is 10.4. The maximum atomic E-state index is 11.5. The number of amides is 1. The van der Waals surface area contributed by atoms with Crippen LogP contribution in [0.2, 0.25) is 0 Å². The summed E-state index contributed by atoms with van der Waals surface area (Å²) in [4.78, 5) is 22.4. The van der Waals surface area contributed by atoms with Gasteiger partial charge in [0.15, 0.2) is 6.04 Å². The quantitative estimate of drug-likeness (QED) is 0.471. The second-order valence-corrected chi connectivity index (χ2v) is 4.00. The van der Waals surface area contributed by atoms with Crippen LogP contribution in [0.1, 0.15) is 26.7 Å². The molecule has 0 rings (SSSR count).